The Balaban J connectivity index is 1.66. The molecule has 0 spiro atoms. The van der Waals surface area contributed by atoms with Crippen molar-refractivity contribution in [1.29, 1.82) is 5.26 Å². The molecule has 0 radical (unpaired) electrons. The zero-order chi connectivity index (χ0) is 20.5. The Morgan fingerprint density at radius 2 is 1.57 bits per heavy atom. The minimum atomic E-state index is 0.219. The van der Waals surface area contributed by atoms with Crippen LogP contribution in [-0.4, -0.2) is 4.98 Å². The smallest absolute Gasteiger partial charge is 0.302 e. The number of halogens is 1. The summed E-state index contributed by atoms with van der Waals surface area (Å²) in [6.07, 6.45) is 0. The molecule has 5 nitrogen and oxygen atoms in total. The summed E-state index contributed by atoms with van der Waals surface area (Å²) in [4.78, 5) is 4.40. The van der Waals surface area contributed by atoms with Crippen LogP contribution in [0.2, 0.25) is 5.02 Å². The van der Waals surface area contributed by atoms with E-state index in [2.05, 4.69) is 16.4 Å². The molecular weight excluding hydrogens is 398 g/mol. The molecular formula is C24H14ClN3O2. The van der Waals surface area contributed by atoms with Gasteiger partial charge in [0.2, 0.25) is 5.88 Å². The fourth-order valence-corrected chi connectivity index (χ4v) is 3.52. The monoisotopic (exact) mass is 411 g/mol. The Hall–Kier alpha value is -4.01. The van der Waals surface area contributed by atoms with Crippen LogP contribution in [0.4, 0.5) is 11.9 Å². The van der Waals surface area contributed by atoms with E-state index in [0.717, 1.165) is 11.1 Å². The molecule has 0 saturated heterocycles. The summed E-state index contributed by atoms with van der Waals surface area (Å²) in [5.41, 5.74) is 4.03. The summed E-state index contributed by atoms with van der Waals surface area (Å²) < 4.78 is 11.9. The Bertz CT molecular complexity index is 1380. The van der Waals surface area contributed by atoms with Crippen LogP contribution in [0.1, 0.15) is 5.56 Å². The quantitative estimate of drug-likeness (QED) is 0.343. The van der Waals surface area contributed by atoms with Crippen molar-refractivity contribution in [1.82, 2.24) is 4.98 Å². The zero-order valence-electron chi connectivity index (χ0n) is 15.6. The van der Waals surface area contributed by atoms with Gasteiger partial charge in [-0.25, -0.2) is 0 Å². The highest BCUT2D eigenvalue weighted by atomic mass is 35.5. The van der Waals surface area contributed by atoms with Gasteiger partial charge in [0.1, 0.15) is 22.9 Å². The molecule has 0 aliphatic heterocycles. The van der Waals surface area contributed by atoms with Crippen molar-refractivity contribution in [3.63, 3.8) is 0 Å². The van der Waals surface area contributed by atoms with Crippen molar-refractivity contribution in [3.8, 4) is 28.5 Å². The molecule has 144 valence electrons. The third-order valence-electron chi connectivity index (χ3n) is 4.69. The third kappa shape index (κ3) is 3.20. The standard InChI is InChI=1S/C24H14ClN3O2/c25-17-11-12-20-19(13-17)27-24(29-20)28-23-18(14-26)21(15-7-3-1-4-8-15)22(30-23)16-9-5-2-6-10-16/h1-13H,(H,27,28). The van der Waals surface area contributed by atoms with Crippen LogP contribution in [0.15, 0.2) is 87.7 Å². The molecule has 0 unspecified atom stereocenters. The lowest BCUT2D eigenvalue weighted by Crippen LogP contribution is -1.91. The highest BCUT2D eigenvalue weighted by molar-refractivity contribution is 6.31. The second-order valence-electron chi connectivity index (χ2n) is 6.61. The third-order valence-corrected chi connectivity index (χ3v) is 4.92. The molecule has 0 saturated carbocycles. The van der Waals surface area contributed by atoms with Gasteiger partial charge in [-0.1, -0.05) is 72.3 Å². The lowest BCUT2D eigenvalue weighted by atomic mass is 9.98. The minimum Gasteiger partial charge on any atom is -0.438 e. The Morgan fingerprint density at radius 3 is 2.27 bits per heavy atom. The van der Waals surface area contributed by atoms with E-state index in [1.165, 1.54) is 0 Å². The van der Waals surface area contributed by atoms with E-state index in [1.54, 1.807) is 18.2 Å². The van der Waals surface area contributed by atoms with Crippen LogP contribution in [-0.2, 0) is 0 Å². The summed E-state index contributed by atoms with van der Waals surface area (Å²) >= 11 is 6.03. The van der Waals surface area contributed by atoms with Crippen LogP contribution >= 0.6 is 11.6 Å². The SMILES string of the molecule is N#Cc1c(Nc2nc3cc(Cl)ccc3o2)oc(-c2ccccc2)c1-c1ccccc1. The van der Waals surface area contributed by atoms with Crippen LogP contribution < -0.4 is 5.32 Å². The lowest BCUT2D eigenvalue weighted by Gasteiger charge is -2.03. The Labute approximate surface area is 177 Å². The first-order valence-electron chi connectivity index (χ1n) is 9.24. The van der Waals surface area contributed by atoms with Crippen molar-refractivity contribution in [3.05, 3.63) is 89.4 Å². The van der Waals surface area contributed by atoms with Gasteiger partial charge in [0.15, 0.2) is 5.58 Å². The molecule has 0 aliphatic carbocycles. The van der Waals surface area contributed by atoms with E-state index in [-0.39, 0.29) is 11.9 Å². The molecule has 0 amide bonds. The average molecular weight is 412 g/mol. The van der Waals surface area contributed by atoms with Gasteiger partial charge in [-0.15, -0.1) is 0 Å². The molecule has 1 N–H and O–H groups in total. The topological polar surface area (TPSA) is 75.0 Å². The predicted octanol–water partition coefficient (Wildman–Crippen LogP) is 7.02. The van der Waals surface area contributed by atoms with Gasteiger partial charge in [-0.05, 0) is 23.8 Å². The van der Waals surface area contributed by atoms with Crippen molar-refractivity contribution < 1.29 is 8.83 Å². The van der Waals surface area contributed by atoms with E-state index in [9.17, 15) is 5.26 Å². The number of hydrogen-bond donors (Lipinski definition) is 1. The number of furan rings is 1. The van der Waals surface area contributed by atoms with Crippen LogP contribution in [0.3, 0.4) is 0 Å². The van der Waals surface area contributed by atoms with Gasteiger partial charge >= 0.3 is 6.01 Å². The summed E-state index contributed by atoms with van der Waals surface area (Å²) in [7, 11) is 0. The normalized spacial score (nSPS) is 10.8. The Morgan fingerprint density at radius 1 is 0.867 bits per heavy atom. The summed E-state index contributed by atoms with van der Waals surface area (Å²) in [5.74, 6) is 0.868. The number of anilines is 2. The van der Waals surface area contributed by atoms with Gasteiger partial charge in [-0.2, -0.15) is 10.2 Å². The highest BCUT2D eigenvalue weighted by Gasteiger charge is 2.24. The van der Waals surface area contributed by atoms with Gasteiger partial charge in [0.25, 0.3) is 0 Å². The molecule has 2 heterocycles. The van der Waals surface area contributed by atoms with Gasteiger partial charge in [-0.3, -0.25) is 5.32 Å². The molecule has 0 atom stereocenters. The van der Waals surface area contributed by atoms with Crippen molar-refractivity contribution in [2.75, 3.05) is 5.32 Å². The van der Waals surface area contributed by atoms with Gasteiger partial charge in [0, 0.05) is 16.1 Å². The van der Waals surface area contributed by atoms with Gasteiger partial charge in [0.05, 0.1) is 0 Å². The first-order valence-corrected chi connectivity index (χ1v) is 9.61. The minimum absolute atomic E-state index is 0.219. The zero-order valence-corrected chi connectivity index (χ0v) is 16.4. The van der Waals surface area contributed by atoms with Crippen molar-refractivity contribution in [2.24, 2.45) is 0 Å². The number of nitriles is 1. The van der Waals surface area contributed by atoms with Crippen LogP contribution in [0, 0.1) is 11.3 Å². The number of nitrogens with zero attached hydrogens (tertiary/aromatic N) is 2. The number of benzene rings is 3. The summed E-state index contributed by atoms with van der Waals surface area (Å²) in [6, 6.07) is 27.0. The van der Waals surface area contributed by atoms with Crippen molar-refractivity contribution >= 4 is 34.6 Å². The fourth-order valence-electron chi connectivity index (χ4n) is 3.35. The van der Waals surface area contributed by atoms with Gasteiger partial charge < -0.3 is 8.83 Å². The maximum atomic E-state index is 9.96. The highest BCUT2D eigenvalue weighted by Crippen LogP contribution is 2.42. The molecule has 0 fully saturated rings. The molecule has 30 heavy (non-hydrogen) atoms. The van der Waals surface area contributed by atoms with E-state index >= 15 is 0 Å². The number of nitrogens with one attached hydrogen (secondary N) is 1. The molecule has 2 aromatic heterocycles. The summed E-state index contributed by atoms with van der Waals surface area (Å²) in [6.45, 7) is 0. The maximum absolute atomic E-state index is 9.96. The first-order chi connectivity index (χ1) is 14.7. The second kappa shape index (κ2) is 7.43. The summed E-state index contributed by atoms with van der Waals surface area (Å²) in [5, 5.41) is 13.5. The molecule has 3 aromatic carbocycles. The number of rotatable bonds is 4. The largest absolute Gasteiger partial charge is 0.438 e. The van der Waals surface area contributed by atoms with E-state index in [0.29, 0.717) is 33.0 Å². The molecule has 5 rings (SSSR count). The second-order valence-corrected chi connectivity index (χ2v) is 7.05. The fraction of sp³-hybridized carbons (Fsp3) is 0. The lowest BCUT2D eigenvalue weighted by molar-refractivity contribution is 0.580. The Kier molecular flexibility index (Phi) is 4.47. The molecule has 5 aromatic rings. The first kappa shape index (κ1) is 18.0. The van der Waals surface area contributed by atoms with Crippen LogP contribution in [0.25, 0.3) is 33.6 Å². The van der Waals surface area contributed by atoms with E-state index < -0.39 is 0 Å². The predicted molar refractivity (Wildman–Crippen MR) is 117 cm³/mol. The van der Waals surface area contributed by atoms with Crippen LogP contribution in [0.5, 0.6) is 0 Å². The molecule has 6 heteroatoms. The number of hydrogen-bond acceptors (Lipinski definition) is 5. The van der Waals surface area contributed by atoms with E-state index in [4.69, 9.17) is 20.4 Å². The molecule has 0 aliphatic rings. The number of oxazole rings is 1. The number of fused-ring (bicyclic) bond motifs is 1. The number of aromatic nitrogens is 1. The van der Waals surface area contributed by atoms with E-state index in [1.807, 2.05) is 60.7 Å². The molecule has 0 bridgehead atoms. The van der Waals surface area contributed by atoms with Crippen molar-refractivity contribution in [2.45, 2.75) is 0 Å². The average Bonchev–Trinajstić information content (AvgIpc) is 3.35. The maximum Gasteiger partial charge on any atom is 0.302 e.